The van der Waals surface area contributed by atoms with Gasteiger partial charge in [0, 0.05) is 19.6 Å². The number of hydrogen-bond acceptors (Lipinski definition) is 19. The van der Waals surface area contributed by atoms with Crippen LogP contribution in [0.5, 0.6) is 0 Å². The molecule has 85 heavy (non-hydrogen) atoms. The maximum absolute atomic E-state index is 14.1. The quantitative estimate of drug-likeness (QED) is 0.0297. The zero-order valence-electron chi connectivity index (χ0n) is 46.7. The van der Waals surface area contributed by atoms with Crippen LogP contribution in [0, 0.1) is 0 Å². The Morgan fingerprint density at radius 3 is 0.906 bits per heavy atom. The molecule has 0 aromatic heterocycles. The molecule has 0 bridgehead atoms. The lowest BCUT2D eigenvalue weighted by molar-refractivity contribution is -0.149. The third kappa shape index (κ3) is 21.0. The lowest BCUT2D eigenvalue weighted by Crippen LogP contribution is -2.60. The molecule has 3 saturated heterocycles. The van der Waals surface area contributed by atoms with Crippen molar-refractivity contribution in [1.29, 1.82) is 0 Å². The van der Waals surface area contributed by atoms with Gasteiger partial charge >= 0.3 is 5.97 Å². The number of carboxylic acids is 1. The van der Waals surface area contributed by atoms with E-state index in [1.54, 1.807) is 0 Å². The average molecular weight is 1210 g/mol. The Hall–Kier alpha value is -9.58. The van der Waals surface area contributed by atoms with E-state index >= 15 is 0 Å². The molecule has 470 valence electrons. The van der Waals surface area contributed by atoms with Crippen molar-refractivity contribution in [3.63, 3.8) is 0 Å². The first-order chi connectivity index (χ1) is 39.6. The number of likely N-dealkylation sites (tertiary alicyclic amines) is 3. The number of nitrogens with one attached hydrogen (secondary N) is 8. The number of amides is 17. The molecule has 12 atom stereocenters. The minimum absolute atomic E-state index is 0.000369. The summed E-state index contributed by atoms with van der Waals surface area (Å²) >= 11 is 0. The first kappa shape index (κ1) is 69.7. The molecule has 37 nitrogen and oxygen atoms in total. The highest BCUT2D eigenvalue weighted by molar-refractivity contribution is 6.02. The van der Waals surface area contributed by atoms with Crippen LogP contribution in [0.25, 0.3) is 0 Å². The van der Waals surface area contributed by atoms with Gasteiger partial charge in [0.25, 0.3) is 0 Å². The van der Waals surface area contributed by atoms with Crippen LogP contribution in [-0.2, 0) is 86.3 Å². The molecule has 0 unspecified atom stereocenters. The minimum atomic E-state index is -1.83. The Morgan fingerprint density at radius 2 is 0.624 bits per heavy atom. The molecule has 3 fully saturated rings. The van der Waals surface area contributed by atoms with Crippen molar-refractivity contribution in [1.82, 2.24) is 57.2 Å². The average Bonchev–Trinajstić information content (AvgIpc) is 3.98. The van der Waals surface area contributed by atoms with Crippen molar-refractivity contribution >= 4 is 106 Å². The number of primary amides is 6. The Bertz CT molecular complexity index is 2670. The molecule has 37 heteroatoms. The van der Waals surface area contributed by atoms with Gasteiger partial charge < -0.3 is 102 Å². The third-order valence-corrected chi connectivity index (χ3v) is 13.6. The van der Waals surface area contributed by atoms with Gasteiger partial charge in [-0.2, -0.15) is 0 Å². The molecular formula is C48H74N18O19. The number of hydrogen-bond donors (Lipinski definition) is 16. The summed E-state index contributed by atoms with van der Waals surface area (Å²) in [5, 5.41) is 27.6. The Kier molecular flexibility index (Phi) is 26.0. The number of carboxylic acid groups (broad SMARTS) is 1. The molecule has 17 amide bonds. The van der Waals surface area contributed by atoms with Crippen LogP contribution in [0.4, 0.5) is 0 Å². The van der Waals surface area contributed by atoms with Gasteiger partial charge in [0.15, 0.2) is 0 Å². The molecule has 0 spiro atoms. The van der Waals surface area contributed by atoms with Crippen LogP contribution in [0.2, 0.25) is 0 Å². The van der Waals surface area contributed by atoms with Gasteiger partial charge in [-0.3, -0.25) is 81.5 Å². The third-order valence-electron chi connectivity index (χ3n) is 13.6. The first-order valence-electron chi connectivity index (χ1n) is 26.7. The Labute approximate surface area is 484 Å². The maximum Gasteiger partial charge on any atom is 0.326 e. The predicted molar refractivity (Wildman–Crippen MR) is 285 cm³/mol. The van der Waals surface area contributed by atoms with Gasteiger partial charge in [-0.15, -0.1) is 0 Å². The smallest absolute Gasteiger partial charge is 0.326 e. The van der Waals surface area contributed by atoms with Crippen molar-refractivity contribution in [2.75, 3.05) is 19.6 Å². The number of rotatable bonds is 32. The molecule has 0 aliphatic carbocycles. The SMILES string of the molecule is C[C@H](NC(=O)[C@H](CC(N)=O)NC(=O)[C@@H]1CCCN1C(=O)[C@H](CC(N)=O)NC(=O)[C@H](C)NC(=O)[C@H](CC(N)=O)NC(=O)[C@@H]1CCCN1C(=O)[C@H](CC(N)=O)NC(=O)[C@H](C)NC(=O)[C@@H](N)CC(N)=O)C(=O)N[C@@H](CC(N)=O)C(=O)N1CCC[C@H]1C(=O)O. The van der Waals surface area contributed by atoms with Crippen LogP contribution in [0.3, 0.4) is 0 Å². The molecule has 0 saturated carbocycles. The Balaban J connectivity index is 1.72. The summed E-state index contributed by atoms with van der Waals surface area (Å²) in [6, 6.07) is -18.9. The monoisotopic (exact) mass is 1210 g/mol. The van der Waals surface area contributed by atoms with Crippen LogP contribution in [0.1, 0.15) is 97.8 Å². The standard InChI is InChI=1S/C48H74N18O19/c1-19(56-40(76)22(49)13-31(50)67)37(73)61-25(16-34(53)70)45(81)64-10-4-7-28(64)43(79)59-23(14-32(51)68)41(77)57-20(2)38(74)62-26(17-35(54)71)46(82)65-11-5-8-29(65)44(80)60-24(15-33(52)69)42(78)58-21(3)39(75)63-27(18-36(55)72)47(83)66-12-6-9-30(66)48(84)85/h19-30H,4-18,49H2,1-3H3,(H2,50,67)(H2,51,68)(H2,52,69)(H2,53,70)(H2,54,71)(H2,55,72)(H,56,76)(H,57,77)(H,58,78)(H,59,79)(H,60,80)(H,61,73)(H,62,74)(H,63,75)(H,84,85)/t19-,20-,21-,22-,23-,24-,25-,26-,27-,28-,29-,30-/m0/s1. The topological polar surface area (TPSA) is 616 Å². The van der Waals surface area contributed by atoms with Gasteiger partial charge in [-0.1, -0.05) is 0 Å². The first-order valence-corrected chi connectivity index (χ1v) is 26.7. The second-order valence-corrected chi connectivity index (χ2v) is 20.5. The summed E-state index contributed by atoms with van der Waals surface area (Å²) in [7, 11) is 0. The molecule has 3 aliphatic rings. The van der Waals surface area contributed by atoms with Crippen LogP contribution >= 0.6 is 0 Å². The number of aliphatic carboxylic acids is 1. The van der Waals surface area contributed by atoms with E-state index in [9.17, 15) is 91.4 Å². The number of nitrogens with two attached hydrogens (primary N) is 7. The van der Waals surface area contributed by atoms with Gasteiger partial charge in [0.05, 0.1) is 44.6 Å². The largest absolute Gasteiger partial charge is 0.480 e. The fourth-order valence-electron chi connectivity index (χ4n) is 9.40. The molecule has 3 rings (SSSR count). The molecule has 3 aliphatic heterocycles. The number of carbonyl (C=O) groups is 18. The zero-order valence-corrected chi connectivity index (χ0v) is 46.7. The van der Waals surface area contributed by atoms with Crippen LogP contribution < -0.4 is 82.7 Å². The number of nitrogens with zero attached hydrogens (tertiary/aromatic N) is 3. The van der Waals surface area contributed by atoms with Crippen molar-refractivity contribution in [3.05, 3.63) is 0 Å². The lowest BCUT2D eigenvalue weighted by Gasteiger charge is -2.30. The summed E-state index contributed by atoms with van der Waals surface area (Å²) in [5.74, 6) is -19.4. The highest BCUT2D eigenvalue weighted by Crippen LogP contribution is 2.23. The van der Waals surface area contributed by atoms with Crippen LogP contribution in [0.15, 0.2) is 0 Å². The Morgan fingerprint density at radius 1 is 0.365 bits per heavy atom. The summed E-state index contributed by atoms with van der Waals surface area (Å²) in [4.78, 5) is 235. The van der Waals surface area contributed by atoms with E-state index in [-0.39, 0.29) is 51.7 Å². The van der Waals surface area contributed by atoms with E-state index in [4.69, 9.17) is 40.1 Å². The molecule has 0 aromatic carbocycles. The fourth-order valence-corrected chi connectivity index (χ4v) is 9.40. The molecule has 3 heterocycles. The molecule has 0 radical (unpaired) electrons. The maximum atomic E-state index is 14.1. The minimum Gasteiger partial charge on any atom is -0.480 e. The van der Waals surface area contributed by atoms with Gasteiger partial charge in [-0.05, 0) is 59.3 Å². The van der Waals surface area contributed by atoms with E-state index in [1.165, 1.54) is 6.92 Å². The van der Waals surface area contributed by atoms with E-state index < -0.39 is 217 Å². The lowest BCUT2D eigenvalue weighted by atomic mass is 10.1. The highest BCUT2D eigenvalue weighted by atomic mass is 16.4. The van der Waals surface area contributed by atoms with E-state index in [2.05, 4.69) is 42.5 Å². The summed E-state index contributed by atoms with van der Waals surface area (Å²) in [5.41, 5.74) is 37.5. The van der Waals surface area contributed by atoms with E-state index in [0.717, 1.165) is 28.5 Å². The molecule has 0 aromatic rings. The van der Waals surface area contributed by atoms with E-state index in [1.807, 2.05) is 0 Å². The predicted octanol–water partition coefficient (Wildman–Crippen LogP) is -11.4. The van der Waals surface area contributed by atoms with Crippen LogP contribution in [-0.4, -0.2) is 218 Å². The molecular weight excluding hydrogens is 1130 g/mol. The summed E-state index contributed by atoms with van der Waals surface area (Å²) in [6.45, 7) is 3.12. The summed E-state index contributed by atoms with van der Waals surface area (Å²) in [6.07, 6.45) is -4.11. The van der Waals surface area contributed by atoms with Gasteiger partial charge in [0.1, 0.15) is 66.5 Å². The number of carbonyl (C=O) groups excluding carboxylic acids is 17. The second kappa shape index (κ2) is 31.7. The van der Waals surface area contributed by atoms with Crippen molar-refractivity contribution in [3.8, 4) is 0 Å². The highest BCUT2D eigenvalue weighted by Gasteiger charge is 2.44. The summed E-state index contributed by atoms with van der Waals surface area (Å²) < 4.78 is 0. The zero-order chi connectivity index (χ0) is 64.3. The van der Waals surface area contributed by atoms with Gasteiger partial charge in [0.2, 0.25) is 100 Å². The second-order valence-electron chi connectivity index (χ2n) is 20.5. The fraction of sp³-hybridized carbons (Fsp3) is 0.625. The van der Waals surface area contributed by atoms with Crippen molar-refractivity contribution in [2.45, 2.75) is 170 Å². The van der Waals surface area contributed by atoms with Crippen molar-refractivity contribution < 1.29 is 91.4 Å². The van der Waals surface area contributed by atoms with Crippen molar-refractivity contribution in [2.24, 2.45) is 40.1 Å². The van der Waals surface area contributed by atoms with E-state index in [0.29, 0.717) is 6.42 Å². The normalized spacial score (nSPS) is 19.5. The van der Waals surface area contributed by atoms with Gasteiger partial charge in [-0.25, -0.2) is 4.79 Å². The molecule has 23 N–H and O–H groups in total.